The molecular weight excluding hydrogens is 346 g/mol. The maximum Gasteiger partial charge on any atom is 0.235 e. The van der Waals surface area contributed by atoms with Crippen LogP contribution in [0.4, 0.5) is 5.69 Å². The van der Waals surface area contributed by atoms with Crippen molar-refractivity contribution in [2.45, 2.75) is 44.9 Å². The molecule has 3 saturated heterocycles. The van der Waals surface area contributed by atoms with E-state index in [1.54, 1.807) is 0 Å². The van der Waals surface area contributed by atoms with E-state index in [-0.39, 0.29) is 54.7 Å². The zero-order valence-corrected chi connectivity index (χ0v) is 15.4. The van der Waals surface area contributed by atoms with Gasteiger partial charge < -0.3 is 15.4 Å². The number of ether oxygens (including phenoxy) is 1. The summed E-state index contributed by atoms with van der Waals surface area (Å²) >= 11 is 0. The Morgan fingerprint density at radius 1 is 1.15 bits per heavy atom. The summed E-state index contributed by atoms with van der Waals surface area (Å²) in [5.41, 5.74) is 1.76. The maximum absolute atomic E-state index is 12.6. The highest BCUT2D eigenvalue weighted by Gasteiger charge is 2.62. The highest BCUT2D eigenvalue weighted by atomic mass is 16.5. The predicted octanol–water partition coefficient (Wildman–Crippen LogP) is 1.29. The zero-order valence-electron chi connectivity index (χ0n) is 15.4. The van der Waals surface area contributed by atoms with E-state index in [2.05, 4.69) is 10.6 Å². The normalized spacial score (nSPS) is 28.7. The molecule has 3 aliphatic rings. The van der Waals surface area contributed by atoms with Crippen LogP contribution in [0.3, 0.4) is 0 Å². The molecule has 7 heteroatoms. The number of hydrogen-bond acceptors (Lipinski definition) is 5. The first-order valence-corrected chi connectivity index (χ1v) is 9.69. The predicted molar refractivity (Wildman–Crippen MR) is 98.7 cm³/mol. The van der Waals surface area contributed by atoms with Gasteiger partial charge in [-0.15, -0.1) is 0 Å². The molecule has 0 spiro atoms. The number of imide groups is 1. The number of fused-ring (bicyclic) bond motifs is 5. The molecule has 144 valence electrons. The number of amides is 3. The lowest BCUT2D eigenvalue weighted by atomic mass is 9.81. The summed E-state index contributed by atoms with van der Waals surface area (Å²) in [5, 5.41) is 6.14. The first kappa shape index (κ1) is 18.1. The average Bonchev–Trinajstić information content (AvgIpc) is 3.34. The number of anilines is 1. The van der Waals surface area contributed by atoms with Crippen molar-refractivity contribution in [3.05, 3.63) is 29.8 Å². The van der Waals surface area contributed by atoms with E-state index in [1.807, 2.05) is 31.2 Å². The fourth-order valence-electron chi connectivity index (χ4n) is 4.48. The first-order valence-electron chi connectivity index (χ1n) is 9.69. The molecule has 4 rings (SSSR count). The molecule has 2 N–H and O–H groups in total. The van der Waals surface area contributed by atoms with Gasteiger partial charge in [0.2, 0.25) is 17.7 Å². The van der Waals surface area contributed by atoms with Crippen LogP contribution in [-0.4, -0.2) is 47.9 Å². The Balaban J connectivity index is 1.35. The first-order chi connectivity index (χ1) is 13.1. The summed E-state index contributed by atoms with van der Waals surface area (Å²) in [6.07, 6.45) is 1.56. The summed E-state index contributed by atoms with van der Waals surface area (Å²) in [6.45, 7) is 3.67. The van der Waals surface area contributed by atoms with Crippen LogP contribution in [0.1, 0.15) is 31.7 Å². The number of hydrogen-bond donors (Lipinski definition) is 2. The van der Waals surface area contributed by atoms with Crippen molar-refractivity contribution in [1.82, 2.24) is 10.2 Å². The van der Waals surface area contributed by atoms with E-state index >= 15 is 0 Å². The number of carbonyl (C=O) groups is 3. The highest BCUT2D eigenvalue weighted by molar-refractivity contribution is 6.06. The molecule has 4 unspecified atom stereocenters. The lowest BCUT2D eigenvalue weighted by Crippen LogP contribution is -2.36. The summed E-state index contributed by atoms with van der Waals surface area (Å²) in [4.78, 5) is 38.9. The van der Waals surface area contributed by atoms with Gasteiger partial charge in [-0.2, -0.15) is 0 Å². The van der Waals surface area contributed by atoms with E-state index in [9.17, 15) is 14.4 Å². The third-order valence-electron chi connectivity index (χ3n) is 5.80. The van der Waals surface area contributed by atoms with Crippen molar-refractivity contribution < 1.29 is 19.1 Å². The van der Waals surface area contributed by atoms with Gasteiger partial charge in [0.25, 0.3) is 0 Å². The quantitative estimate of drug-likeness (QED) is 0.705. The van der Waals surface area contributed by atoms with Crippen LogP contribution < -0.4 is 10.6 Å². The number of nitrogens with zero attached hydrogens (tertiary/aromatic N) is 1. The van der Waals surface area contributed by atoms with Crippen molar-refractivity contribution in [3.8, 4) is 0 Å². The second-order valence-corrected chi connectivity index (χ2v) is 7.41. The van der Waals surface area contributed by atoms with Gasteiger partial charge in [-0.05, 0) is 31.0 Å². The molecule has 3 heterocycles. The van der Waals surface area contributed by atoms with Crippen molar-refractivity contribution in [1.29, 1.82) is 0 Å². The minimum atomic E-state index is -0.333. The van der Waals surface area contributed by atoms with Crippen molar-refractivity contribution in [3.63, 3.8) is 0 Å². The molecule has 0 radical (unpaired) electrons. The van der Waals surface area contributed by atoms with E-state index in [0.717, 1.165) is 30.6 Å². The Morgan fingerprint density at radius 3 is 2.48 bits per heavy atom. The fourth-order valence-corrected chi connectivity index (χ4v) is 4.48. The monoisotopic (exact) mass is 371 g/mol. The lowest BCUT2D eigenvalue weighted by Gasteiger charge is -2.17. The van der Waals surface area contributed by atoms with Crippen molar-refractivity contribution >= 4 is 23.4 Å². The lowest BCUT2D eigenvalue weighted by molar-refractivity contribution is -0.142. The average molecular weight is 371 g/mol. The molecule has 4 atom stereocenters. The maximum atomic E-state index is 12.6. The van der Waals surface area contributed by atoms with Crippen molar-refractivity contribution in [2.75, 3.05) is 18.4 Å². The SMILES string of the molecule is CCNCc1ccccc1NC(=O)CCN1C(=O)C2C3CCC(O3)C2C1=O. The van der Waals surface area contributed by atoms with Crippen LogP contribution in [0.2, 0.25) is 0 Å². The van der Waals surface area contributed by atoms with Gasteiger partial charge in [-0.25, -0.2) is 0 Å². The molecule has 7 nitrogen and oxygen atoms in total. The fraction of sp³-hybridized carbons (Fsp3) is 0.550. The molecule has 27 heavy (non-hydrogen) atoms. The van der Waals surface area contributed by atoms with E-state index in [0.29, 0.717) is 6.54 Å². The minimum absolute atomic E-state index is 0.0999. The van der Waals surface area contributed by atoms with Crippen molar-refractivity contribution in [2.24, 2.45) is 11.8 Å². The second-order valence-electron chi connectivity index (χ2n) is 7.41. The van der Waals surface area contributed by atoms with E-state index in [4.69, 9.17) is 4.74 Å². The third-order valence-corrected chi connectivity index (χ3v) is 5.80. The minimum Gasteiger partial charge on any atom is -0.373 e. The smallest absolute Gasteiger partial charge is 0.235 e. The van der Waals surface area contributed by atoms with Crippen LogP contribution in [0.5, 0.6) is 0 Å². The second kappa shape index (κ2) is 7.40. The molecule has 2 bridgehead atoms. The van der Waals surface area contributed by atoms with Gasteiger partial charge in [0.05, 0.1) is 24.0 Å². The molecular formula is C20H25N3O4. The van der Waals surface area contributed by atoms with E-state index < -0.39 is 0 Å². The number of likely N-dealkylation sites (tertiary alicyclic amines) is 1. The Kier molecular flexibility index (Phi) is 4.97. The van der Waals surface area contributed by atoms with Crippen LogP contribution in [0.25, 0.3) is 0 Å². The van der Waals surface area contributed by atoms with Gasteiger partial charge >= 0.3 is 0 Å². The zero-order chi connectivity index (χ0) is 19.0. The number of benzene rings is 1. The van der Waals surface area contributed by atoms with Gasteiger partial charge in [0.1, 0.15) is 0 Å². The number of carbonyl (C=O) groups excluding carboxylic acids is 3. The van der Waals surface area contributed by atoms with Gasteiger partial charge in [0.15, 0.2) is 0 Å². The largest absolute Gasteiger partial charge is 0.373 e. The number of para-hydroxylation sites is 1. The summed E-state index contributed by atoms with van der Waals surface area (Å²) in [5.74, 6) is -1.20. The molecule has 3 amide bonds. The topological polar surface area (TPSA) is 87.7 Å². The number of nitrogens with one attached hydrogen (secondary N) is 2. The van der Waals surface area contributed by atoms with E-state index in [1.165, 1.54) is 4.90 Å². The summed E-state index contributed by atoms with van der Waals surface area (Å²) in [7, 11) is 0. The van der Waals surface area contributed by atoms with Gasteiger partial charge in [-0.3, -0.25) is 19.3 Å². The molecule has 0 aromatic heterocycles. The summed E-state index contributed by atoms with van der Waals surface area (Å²) in [6, 6.07) is 7.62. The molecule has 3 aliphatic heterocycles. The van der Waals surface area contributed by atoms with Crippen LogP contribution in [0.15, 0.2) is 24.3 Å². The Bertz CT molecular complexity index is 737. The van der Waals surface area contributed by atoms with Gasteiger partial charge in [-0.1, -0.05) is 25.1 Å². The van der Waals surface area contributed by atoms with Crippen LogP contribution >= 0.6 is 0 Å². The number of rotatable bonds is 7. The molecule has 0 saturated carbocycles. The molecule has 1 aromatic carbocycles. The molecule has 0 aliphatic carbocycles. The highest BCUT2D eigenvalue weighted by Crippen LogP contribution is 2.48. The Labute approximate surface area is 158 Å². The molecule has 1 aromatic rings. The van der Waals surface area contributed by atoms with Gasteiger partial charge in [0, 0.05) is 25.2 Å². The Morgan fingerprint density at radius 2 is 1.81 bits per heavy atom. The molecule has 3 fully saturated rings. The van der Waals surface area contributed by atoms with Crippen LogP contribution in [0, 0.1) is 11.8 Å². The summed E-state index contributed by atoms with van der Waals surface area (Å²) < 4.78 is 5.72. The Hall–Kier alpha value is -2.25. The third kappa shape index (κ3) is 3.26. The standard InChI is InChI=1S/C20H25N3O4/c1-2-21-11-12-5-3-4-6-13(12)22-16(24)9-10-23-19(25)17-14-7-8-15(27-14)18(17)20(23)26/h3-6,14-15,17-18,21H,2,7-11H2,1H3,(H,22,24). The van der Waals surface area contributed by atoms with Crippen LogP contribution in [-0.2, 0) is 25.7 Å².